The Morgan fingerprint density at radius 2 is 1.61 bits per heavy atom. The summed E-state index contributed by atoms with van der Waals surface area (Å²) in [5, 5.41) is 0. The Morgan fingerprint density at radius 3 is 2.25 bits per heavy atom. The largest absolute Gasteiger partial charge is 0.461 e. The van der Waals surface area contributed by atoms with Crippen molar-refractivity contribution < 1.29 is 9.53 Å². The second-order valence-electron chi connectivity index (χ2n) is 11.9. The maximum atomic E-state index is 13.1. The fraction of sp³-hybridized carbons (Fsp3) is 0.531. The third-order valence-electron chi connectivity index (χ3n) is 9.54. The van der Waals surface area contributed by atoms with Crippen LogP contribution < -0.4 is 0 Å². The van der Waals surface area contributed by atoms with Gasteiger partial charge in [0.15, 0.2) is 0 Å². The van der Waals surface area contributed by atoms with Gasteiger partial charge in [0.25, 0.3) is 0 Å². The van der Waals surface area contributed by atoms with E-state index in [1.807, 2.05) is 0 Å². The molecule has 0 aromatic heterocycles. The average Bonchev–Trinajstić information content (AvgIpc) is 3.18. The number of benzene rings is 2. The van der Waals surface area contributed by atoms with E-state index < -0.39 is 0 Å². The summed E-state index contributed by atoms with van der Waals surface area (Å²) >= 11 is 0. The Kier molecular flexibility index (Phi) is 6.51. The van der Waals surface area contributed by atoms with Crippen LogP contribution in [0.1, 0.15) is 56.7 Å². The fourth-order valence-corrected chi connectivity index (χ4v) is 7.63. The number of nitrogens with zero attached hydrogens (tertiary/aromatic N) is 2. The Bertz CT molecular complexity index is 1050. The summed E-state index contributed by atoms with van der Waals surface area (Å²) in [7, 11) is 0. The molecule has 4 heteroatoms. The normalized spacial score (nSPS) is 33.1. The lowest BCUT2D eigenvalue weighted by Crippen LogP contribution is -2.50. The fourth-order valence-electron chi connectivity index (χ4n) is 7.63. The third-order valence-corrected chi connectivity index (χ3v) is 9.54. The van der Waals surface area contributed by atoms with E-state index in [1.165, 1.54) is 30.4 Å². The van der Waals surface area contributed by atoms with Gasteiger partial charge in [-0.15, -0.1) is 0 Å². The van der Waals surface area contributed by atoms with Crippen LogP contribution in [0.3, 0.4) is 0 Å². The molecule has 0 spiro atoms. The molecule has 1 saturated carbocycles. The molecule has 2 aromatic rings. The van der Waals surface area contributed by atoms with Gasteiger partial charge in [0, 0.05) is 38.6 Å². The molecule has 4 aliphatic rings. The van der Waals surface area contributed by atoms with E-state index >= 15 is 0 Å². The van der Waals surface area contributed by atoms with Crippen molar-refractivity contribution in [3.63, 3.8) is 0 Å². The summed E-state index contributed by atoms with van der Waals surface area (Å²) in [6, 6.07) is 22.0. The molecule has 0 N–H and O–H groups in total. The number of fused-ring (bicyclic) bond motifs is 2. The molecule has 36 heavy (non-hydrogen) atoms. The first-order valence-electron chi connectivity index (χ1n) is 14.0. The van der Waals surface area contributed by atoms with Crippen molar-refractivity contribution in [2.75, 3.05) is 32.7 Å². The van der Waals surface area contributed by atoms with Crippen molar-refractivity contribution in [3.05, 3.63) is 83.4 Å². The van der Waals surface area contributed by atoms with Crippen molar-refractivity contribution in [1.82, 2.24) is 9.80 Å². The summed E-state index contributed by atoms with van der Waals surface area (Å²) in [6.45, 7) is 9.58. The van der Waals surface area contributed by atoms with Crippen molar-refractivity contribution >= 4 is 5.97 Å². The van der Waals surface area contributed by atoms with Gasteiger partial charge in [0.05, 0.1) is 12.0 Å². The zero-order valence-electron chi connectivity index (χ0n) is 21.8. The van der Waals surface area contributed by atoms with Crippen molar-refractivity contribution in [2.45, 2.75) is 51.7 Å². The second-order valence-corrected chi connectivity index (χ2v) is 11.9. The Morgan fingerprint density at radius 1 is 0.972 bits per heavy atom. The van der Waals surface area contributed by atoms with Gasteiger partial charge < -0.3 is 4.74 Å². The van der Waals surface area contributed by atoms with Crippen LogP contribution in [0.5, 0.6) is 0 Å². The maximum Gasteiger partial charge on any atom is 0.311 e. The molecule has 2 aromatic carbocycles. The van der Waals surface area contributed by atoms with E-state index in [-0.39, 0.29) is 35.4 Å². The second kappa shape index (κ2) is 9.79. The first-order valence-corrected chi connectivity index (χ1v) is 14.0. The summed E-state index contributed by atoms with van der Waals surface area (Å²) in [5.41, 5.74) is 4.52. The van der Waals surface area contributed by atoms with E-state index in [2.05, 4.69) is 90.4 Å². The summed E-state index contributed by atoms with van der Waals surface area (Å²) < 4.78 is 6.02. The van der Waals surface area contributed by atoms with E-state index in [0.717, 1.165) is 39.1 Å². The van der Waals surface area contributed by atoms with Crippen LogP contribution >= 0.6 is 0 Å². The number of esters is 1. The van der Waals surface area contributed by atoms with Gasteiger partial charge in [-0.05, 0) is 41.7 Å². The van der Waals surface area contributed by atoms with E-state index in [0.29, 0.717) is 5.92 Å². The van der Waals surface area contributed by atoms with Crippen LogP contribution in [0.15, 0.2) is 72.3 Å². The lowest BCUT2D eigenvalue weighted by molar-refractivity contribution is -0.145. The Balaban J connectivity index is 1.15. The maximum absolute atomic E-state index is 13.1. The van der Waals surface area contributed by atoms with Crippen molar-refractivity contribution in [1.29, 1.82) is 0 Å². The highest BCUT2D eigenvalue weighted by Gasteiger charge is 2.52. The molecular formula is C32H40N2O2. The van der Waals surface area contributed by atoms with Crippen LogP contribution in [0.4, 0.5) is 0 Å². The minimum Gasteiger partial charge on any atom is -0.461 e. The summed E-state index contributed by atoms with van der Waals surface area (Å²) in [4.78, 5) is 18.2. The van der Waals surface area contributed by atoms with Crippen LogP contribution in [-0.4, -0.2) is 54.6 Å². The summed E-state index contributed by atoms with van der Waals surface area (Å²) in [6.07, 6.45) is 7.39. The number of carbonyl (C=O) groups excluding carboxylic acids is 1. The van der Waals surface area contributed by atoms with Gasteiger partial charge in [-0.25, -0.2) is 0 Å². The van der Waals surface area contributed by atoms with E-state index in [9.17, 15) is 4.79 Å². The highest BCUT2D eigenvalue weighted by atomic mass is 16.6. The molecule has 3 fully saturated rings. The number of ether oxygens (including phenoxy) is 1. The highest BCUT2D eigenvalue weighted by Crippen LogP contribution is 2.54. The molecule has 2 aliphatic carbocycles. The molecule has 4 nitrogen and oxygen atoms in total. The third kappa shape index (κ3) is 4.43. The molecule has 6 rings (SSSR count). The lowest BCUT2D eigenvalue weighted by Gasteiger charge is -2.46. The molecule has 2 saturated heterocycles. The molecule has 2 aliphatic heterocycles. The van der Waals surface area contributed by atoms with Crippen LogP contribution in [0, 0.1) is 23.2 Å². The number of rotatable bonds is 5. The molecule has 0 bridgehead atoms. The minimum absolute atomic E-state index is 0.0215. The molecule has 0 amide bonds. The number of allylic oxidation sites excluding steroid dienone is 1. The zero-order valence-corrected chi connectivity index (χ0v) is 21.8. The quantitative estimate of drug-likeness (QED) is 0.402. The van der Waals surface area contributed by atoms with Crippen molar-refractivity contribution in [2.24, 2.45) is 23.2 Å². The predicted molar refractivity (Wildman–Crippen MR) is 143 cm³/mol. The molecule has 0 unspecified atom stereocenters. The van der Waals surface area contributed by atoms with Crippen molar-refractivity contribution in [3.8, 4) is 0 Å². The molecule has 0 radical (unpaired) electrons. The molecule has 5 atom stereocenters. The first kappa shape index (κ1) is 23.9. The highest BCUT2D eigenvalue weighted by molar-refractivity contribution is 5.76. The molecular weight excluding hydrogens is 444 g/mol. The van der Waals surface area contributed by atoms with Gasteiger partial charge in [0.2, 0.25) is 0 Å². The smallest absolute Gasteiger partial charge is 0.311 e. The zero-order chi connectivity index (χ0) is 24.7. The van der Waals surface area contributed by atoms with E-state index in [1.54, 1.807) is 5.57 Å². The number of hydrogen-bond acceptors (Lipinski definition) is 4. The lowest BCUT2D eigenvalue weighted by atomic mass is 9.59. The molecule has 2 heterocycles. The van der Waals surface area contributed by atoms with Crippen LogP contribution in [0.25, 0.3) is 0 Å². The van der Waals surface area contributed by atoms with Gasteiger partial charge >= 0.3 is 5.97 Å². The van der Waals surface area contributed by atoms with Gasteiger partial charge in [-0.1, -0.05) is 92.6 Å². The number of carbonyl (C=O) groups is 1. The standard InChI is InChI=1S/C32H40N2O2/c1-23-10-9-15-32(2)21-29-26(20-28(23)32)27(31(35)36-29)22-33-16-18-34(19-17-33)30(24-11-5-3-6-12-24)25-13-7-4-8-14-25/h3-8,11-14,20,23,26-27,29-30H,9-10,15-19,21-22H2,1-2H3/t23-,26+,27-,29+,32+/m0/s1. The van der Waals surface area contributed by atoms with E-state index in [4.69, 9.17) is 4.74 Å². The van der Waals surface area contributed by atoms with Gasteiger partial charge in [-0.2, -0.15) is 0 Å². The topological polar surface area (TPSA) is 32.8 Å². The monoisotopic (exact) mass is 484 g/mol. The van der Waals surface area contributed by atoms with Crippen LogP contribution in [0.2, 0.25) is 0 Å². The minimum atomic E-state index is -0.0215. The van der Waals surface area contributed by atoms with Crippen LogP contribution in [-0.2, 0) is 9.53 Å². The number of hydrogen-bond donors (Lipinski definition) is 0. The van der Waals surface area contributed by atoms with Gasteiger partial charge in [-0.3, -0.25) is 14.6 Å². The SMILES string of the molecule is C[C@H]1CCC[C@]2(C)C[C@H]3OC(=O)[C@@H](CN4CCN(C(c5ccccc5)c5ccccc5)CC4)[C@H]3C=C12. The Hall–Kier alpha value is -2.43. The number of piperazine rings is 1. The first-order chi connectivity index (χ1) is 17.5. The Labute approximate surface area is 216 Å². The predicted octanol–water partition coefficient (Wildman–Crippen LogP) is 5.71. The van der Waals surface area contributed by atoms with Gasteiger partial charge in [0.1, 0.15) is 6.10 Å². The molecule has 190 valence electrons. The summed E-state index contributed by atoms with van der Waals surface area (Å²) in [5.74, 6) is 0.899. The average molecular weight is 485 g/mol.